The zero-order valence-electron chi connectivity index (χ0n) is 17.9. The third kappa shape index (κ3) is 6.44. The number of hydrogen-bond acceptors (Lipinski definition) is 5. The Labute approximate surface area is 185 Å². The quantitative estimate of drug-likeness (QED) is 0.369. The molecule has 0 aromatic heterocycles. The predicted molar refractivity (Wildman–Crippen MR) is 115 cm³/mol. The zero-order chi connectivity index (χ0) is 22.9. The van der Waals surface area contributed by atoms with E-state index in [2.05, 4.69) is 0 Å². The number of hydrogen-bond donors (Lipinski definition) is 0. The first kappa shape index (κ1) is 23.1. The molecule has 0 amide bonds. The van der Waals surface area contributed by atoms with Gasteiger partial charge in [0.05, 0.1) is 13.7 Å². The number of benzene rings is 3. The SMILES string of the molecule is CCOC(=O)CCc1cc(F)c(OCc2cccc(Oc3ccc(OC)cc3)c2)c(F)c1. The van der Waals surface area contributed by atoms with Gasteiger partial charge in [0, 0.05) is 6.42 Å². The number of rotatable bonds is 10. The van der Waals surface area contributed by atoms with E-state index in [9.17, 15) is 13.6 Å². The maximum Gasteiger partial charge on any atom is 0.306 e. The number of carbonyl (C=O) groups excluding carboxylic acids is 1. The topological polar surface area (TPSA) is 54.0 Å². The number of carbonyl (C=O) groups is 1. The van der Waals surface area contributed by atoms with Crippen LogP contribution in [0.4, 0.5) is 8.78 Å². The Morgan fingerprint density at radius 2 is 1.56 bits per heavy atom. The van der Waals surface area contributed by atoms with Crippen molar-refractivity contribution in [2.45, 2.75) is 26.4 Å². The fraction of sp³-hybridized carbons (Fsp3) is 0.240. The molecule has 32 heavy (non-hydrogen) atoms. The summed E-state index contributed by atoms with van der Waals surface area (Å²) in [7, 11) is 1.59. The van der Waals surface area contributed by atoms with Crippen LogP contribution in [0.25, 0.3) is 0 Å². The molecule has 5 nitrogen and oxygen atoms in total. The lowest BCUT2D eigenvalue weighted by atomic mass is 10.1. The van der Waals surface area contributed by atoms with E-state index in [1.807, 2.05) is 0 Å². The van der Waals surface area contributed by atoms with E-state index in [4.69, 9.17) is 18.9 Å². The van der Waals surface area contributed by atoms with Crippen molar-refractivity contribution in [1.29, 1.82) is 0 Å². The van der Waals surface area contributed by atoms with Crippen molar-refractivity contribution in [3.05, 3.63) is 83.4 Å². The standard InChI is InChI=1S/C25H24F2O5/c1-3-30-24(28)12-7-17-14-22(26)25(23(27)15-17)31-16-18-5-4-6-21(13-18)32-20-10-8-19(29-2)9-11-20/h4-6,8-11,13-15H,3,7,12,16H2,1-2H3. The molecule has 3 rings (SSSR count). The molecule has 0 aliphatic carbocycles. The molecule has 0 unspecified atom stereocenters. The lowest BCUT2D eigenvalue weighted by Crippen LogP contribution is -2.06. The Balaban J connectivity index is 1.62. The Hall–Kier alpha value is -3.61. The molecule has 0 saturated carbocycles. The Bertz CT molecular complexity index is 1030. The molecule has 7 heteroatoms. The number of ether oxygens (including phenoxy) is 4. The highest BCUT2D eigenvalue weighted by Crippen LogP contribution is 2.27. The van der Waals surface area contributed by atoms with E-state index in [1.54, 1.807) is 62.6 Å². The molecule has 0 aliphatic heterocycles. The van der Waals surface area contributed by atoms with Gasteiger partial charge in [0.15, 0.2) is 17.4 Å². The number of aryl methyl sites for hydroxylation is 1. The molecule has 0 spiro atoms. The lowest BCUT2D eigenvalue weighted by Gasteiger charge is -2.12. The maximum atomic E-state index is 14.4. The van der Waals surface area contributed by atoms with Gasteiger partial charge in [0.2, 0.25) is 0 Å². The average Bonchev–Trinajstić information content (AvgIpc) is 2.78. The van der Waals surface area contributed by atoms with Gasteiger partial charge < -0.3 is 18.9 Å². The van der Waals surface area contributed by atoms with Gasteiger partial charge in [0.1, 0.15) is 23.9 Å². The summed E-state index contributed by atoms with van der Waals surface area (Å²) in [6.07, 6.45) is 0.228. The first-order valence-corrected chi connectivity index (χ1v) is 10.2. The van der Waals surface area contributed by atoms with Crippen molar-refractivity contribution < 1.29 is 32.5 Å². The summed E-state index contributed by atoms with van der Waals surface area (Å²) in [4.78, 5) is 11.4. The minimum Gasteiger partial charge on any atom is -0.497 e. The Morgan fingerprint density at radius 3 is 2.22 bits per heavy atom. The number of methoxy groups -OCH3 is 1. The highest BCUT2D eigenvalue weighted by Gasteiger charge is 2.14. The minimum atomic E-state index is -0.825. The van der Waals surface area contributed by atoms with Crippen LogP contribution in [0, 0.1) is 11.6 Å². The molecule has 168 valence electrons. The van der Waals surface area contributed by atoms with E-state index in [1.165, 1.54) is 12.1 Å². The summed E-state index contributed by atoms with van der Waals surface area (Å²) in [5.41, 5.74) is 1.04. The van der Waals surface area contributed by atoms with Crippen LogP contribution in [0.5, 0.6) is 23.0 Å². The van der Waals surface area contributed by atoms with Gasteiger partial charge in [-0.25, -0.2) is 8.78 Å². The van der Waals surface area contributed by atoms with Crippen LogP contribution in [0.3, 0.4) is 0 Å². The first-order valence-electron chi connectivity index (χ1n) is 10.2. The normalized spacial score (nSPS) is 10.5. The van der Waals surface area contributed by atoms with E-state index in [-0.39, 0.29) is 26.1 Å². The van der Waals surface area contributed by atoms with Crippen molar-refractivity contribution in [2.24, 2.45) is 0 Å². The molecule has 0 bridgehead atoms. The summed E-state index contributed by atoms with van der Waals surface area (Å²) in [5, 5.41) is 0. The second-order valence-electron chi connectivity index (χ2n) is 6.91. The summed E-state index contributed by atoms with van der Waals surface area (Å²) < 4.78 is 49.9. The fourth-order valence-corrected chi connectivity index (χ4v) is 3.01. The Kier molecular flexibility index (Phi) is 8.02. The molecule has 0 aliphatic rings. The first-order chi connectivity index (χ1) is 15.5. The average molecular weight is 442 g/mol. The van der Waals surface area contributed by atoms with Crippen molar-refractivity contribution >= 4 is 5.97 Å². The van der Waals surface area contributed by atoms with Crippen LogP contribution >= 0.6 is 0 Å². The van der Waals surface area contributed by atoms with Crippen molar-refractivity contribution in [1.82, 2.24) is 0 Å². The van der Waals surface area contributed by atoms with Crippen LogP contribution in [-0.4, -0.2) is 19.7 Å². The van der Waals surface area contributed by atoms with Crippen LogP contribution in [0.15, 0.2) is 60.7 Å². The summed E-state index contributed by atoms with van der Waals surface area (Å²) >= 11 is 0. The second-order valence-corrected chi connectivity index (χ2v) is 6.91. The van der Waals surface area contributed by atoms with E-state index < -0.39 is 23.4 Å². The van der Waals surface area contributed by atoms with E-state index >= 15 is 0 Å². The van der Waals surface area contributed by atoms with Crippen LogP contribution in [0.2, 0.25) is 0 Å². The van der Waals surface area contributed by atoms with Gasteiger partial charge in [-0.3, -0.25) is 4.79 Å². The molecule has 0 fully saturated rings. The molecule has 0 heterocycles. The van der Waals surface area contributed by atoms with Gasteiger partial charge >= 0.3 is 5.97 Å². The molecule has 0 atom stereocenters. The van der Waals surface area contributed by atoms with Crippen molar-refractivity contribution in [3.8, 4) is 23.0 Å². The highest BCUT2D eigenvalue weighted by molar-refractivity contribution is 5.69. The van der Waals surface area contributed by atoms with Gasteiger partial charge in [-0.05, 0) is 73.0 Å². The number of esters is 1. The molecule has 3 aromatic rings. The van der Waals surface area contributed by atoms with Crippen LogP contribution in [-0.2, 0) is 22.6 Å². The molecular weight excluding hydrogens is 418 g/mol. The third-order valence-corrected chi connectivity index (χ3v) is 4.56. The third-order valence-electron chi connectivity index (χ3n) is 4.56. The smallest absolute Gasteiger partial charge is 0.306 e. The van der Waals surface area contributed by atoms with Gasteiger partial charge in [0.25, 0.3) is 0 Å². The maximum absolute atomic E-state index is 14.4. The van der Waals surface area contributed by atoms with E-state index in [0.717, 1.165) is 5.75 Å². The lowest BCUT2D eigenvalue weighted by molar-refractivity contribution is -0.143. The molecular formula is C25H24F2O5. The van der Waals surface area contributed by atoms with Gasteiger partial charge in [-0.15, -0.1) is 0 Å². The monoisotopic (exact) mass is 442 g/mol. The van der Waals surface area contributed by atoms with Crippen molar-refractivity contribution in [2.75, 3.05) is 13.7 Å². The van der Waals surface area contributed by atoms with Gasteiger partial charge in [-0.2, -0.15) is 0 Å². The molecule has 3 aromatic carbocycles. The highest BCUT2D eigenvalue weighted by atomic mass is 19.1. The zero-order valence-corrected chi connectivity index (χ0v) is 17.9. The fourth-order valence-electron chi connectivity index (χ4n) is 3.01. The van der Waals surface area contributed by atoms with E-state index in [0.29, 0.717) is 22.6 Å². The summed E-state index contributed by atoms with van der Waals surface area (Å²) in [5.74, 6) is -0.623. The largest absolute Gasteiger partial charge is 0.497 e. The van der Waals surface area contributed by atoms with Crippen molar-refractivity contribution in [3.63, 3.8) is 0 Å². The molecule has 0 saturated heterocycles. The Morgan fingerprint density at radius 1 is 0.875 bits per heavy atom. The molecule has 0 N–H and O–H groups in total. The minimum absolute atomic E-state index is 0.0458. The molecule has 0 radical (unpaired) electrons. The predicted octanol–water partition coefficient (Wildman–Crippen LogP) is 5.84. The summed E-state index contributed by atoms with van der Waals surface area (Å²) in [6.45, 7) is 1.92. The number of halogens is 2. The summed E-state index contributed by atoms with van der Waals surface area (Å²) in [6, 6.07) is 16.5. The van der Waals surface area contributed by atoms with Crippen LogP contribution in [0.1, 0.15) is 24.5 Å². The van der Waals surface area contributed by atoms with Gasteiger partial charge in [-0.1, -0.05) is 12.1 Å². The second kappa shape index (κ2) is 11.1. The van der Waals surface area contributed by atoms with Crippen LogP contribution < -0.4 is 14.2 Å².